The Morgan fingerprint density at radius 2 is 2.10 bits per heavy atom. The second-order valence-electron chi connectivity index (χ2n) is 5.04. The Balaban J connectivity index is 2.80. The molecule has 3 nitrogen and oxygen atoms in total. The van der Waals surface area contributed by atoms with Crippen molar-refractivity contribution in [1.29, 1.82) is 0 Å². The van der Waals surface area contributed by atoms with Crippen molar-refractivity contribution in [2.24, 2.45) is 0 Å². The fourth-order valence-electron chi connectivity index (χ4n) is 2.24. The molecule has 0 fully saturated rings. The minimum Gasteiger partial charge on any atom is -0.396 e. The fourth-order valence-corrected chi connectivity index (χ4v) is 2.89. The molecule has 0 aliphatic heterocycles. The average molecular weight is 343 g/mol. The summed E-state index contributed by atoms with van der Waals surface area (Å²) in [6.45, 7) is 9.63. The van der Waals surface area contributed by atoms with Gasteiger partial charge in [0.25, 0.3) is 0 Å². The van der Waals surface area contributed by atoms with Crippen LogP contribution < -0.4 is 10.2 Å². The van der Waals surface area contributed by atoms with Crippen molar-refractivity contribution in [3.8, 4) is 0 Å². The summed E-state index contributed by atoms with van der Waals surface area (Å²) in [5, 5.41) is 12.5. The molecule has 0 aromatic heterocycles. The Hall–Kier alpha value is -0.580. The van der Waals surface area contributed by atoms with Crippen LogP contribution in [0, 0.1) is 0 Å². The summed E-state index contributed by atoms with van der Waals surface area (Å²) in [7, 11) is 0. The summed E-state index contributed by atoms with van der Waals surface area (Å²) in [5.41, 5.74) is 2.50. The van der Waals surface area contributed by atoms with Crippen LogP contribution in [0.15, 0.2) is 22.7 Å². The molecular weight excluding hydrogens is 316 g/mol. The lowest BCUT2D eigenvalue weighted by atomic mass is 10.1. The van der Waals surface area contributed by atoms with Gasteiger partial charge < -0.3 is 15.3 Å². The zero-order valence-corrected chi connectivity index (χ0v) is 14.4. The predicted octanol–water partition coefficient (Wildman–Crippen LogP) is 3.72. The average Bonchev–Trinajstić information content (AvgIpc) is 2.46. The van der Waals surface area contributed by atoms with Crippen molar-refractivity contribution in [1.82, 2.24) is 5.32 Å². The van der Waals surface area contributed by atoms with E-state index in [1.165, 1.54) is 11.3 Å². The molecule has 2 N–H and O–H groups in total. The highest BCUT2D eigenvalue weighted by atomic mass is 79.9. The smallest absolute Gasteiger partial charge is 0.0510 e. The summed E-state index contributed by atoms with van der Waals surface area (Å²) in [5.74, 6) is 0. The molecule has 20 heavy (non-hydrogen) atoms. The number of anilines is 1. The Morgan fingerprint density at radius 1 is 1.35 bits per heavy atom. The molecule has 0 heterocycles. The fraction of sp³-hybridized carbons (Fsp3) is 0.625. The molecular formula is C16H27BrN2O. The third-order valence-corrected chi connectivity index (χ3v) is 4.12. The van der Waals surface area contributed by atoms with Crippen LogP contribution in [0.2, 0.25) is 0 Å². The van der Waals surface area contributed by atoms with E-state index in [1.807, 2.05) is 0 Å². The van der Waals surface area contributed by atoms with E-state index in [0.29, 0.717) is 6.04 Å². The van der Waals surface area contributed by atoms with Gasteiger partial charge in [0, 0.05) is 30.2 Å². The first-order valence-electron chi connectivity index (χ1n) is 7.52. The number of nitrogens with zero attached hydrogens (tertiary/aromatic N) is 1. The van der Waals surface area contributed by atoms with Crippen LogP contribution in [0.1, 0.15) is 45.2 Å². The number of hydrogen-bond acceptors (Lipinski definition) is 3. The summed E-state index contributed by atoms with van der Waals surface area (Å²) in [6.07, 6.45) is 1.95. The molecule has 0 aliphatic rings. The van der Waals surface area contributed by atoms with Crippen LogP contribution in [-0.4, -0.2) is 31.3 Å². The van der Waals surface area contributed by atoms with E-state index in [4.69, 9.17) is 5.11 Å². The van der Waals surface area contributed by atoms with Crippen LogP contribution in [0.3, 0.4) is 0 Å². The third-order valence-electron chi connectivity index (χ3n) is 3.48. The molecule has 1 aromatic carbocycles. The minimum absolute atomic E-state index is 0.240. The molecule has 0 saturated carbocycles. The molecule has 4 heteroatoms. The lowest BCUT2D eigenvalue weighted by molar-refractivity contribution is 0.289. The van der Waals surface area contributed by atoms with Crippen LogP contribution in [0.4, 0.5) is 5.69 Å². The Labute approximate surface area is 131 Å². The second kappa shape index (κ2) is 9.37. The van der Waals surface area contributed by atoms with Gasteiger partial charge in [0.05, 0.1) is 5.69 Å². The first-order valence-corrected chi connectivity index (χ1v) is 8.31. The number of halogens is 1. The van der Waals surface area contributed by atoms with E-state index in [9.17, 15) is 0 Å². The highest BCUT2D eigenvalue weighted by Gasteiger charge is 2.11. The van der Waals surface area contributed by atoms with E-state index >= 15 is 0 Å². The third kappa shape index (κ3) is 5.08. The Kier molecular flexibility index (Phi) is 8.19. The standard InChI is InChI=1S/C16H27BrN2O/c1-4-9-18-13(3)14-7-8-16(15(17)12-14)19(5-2)10-6-11-20/h7-8,12-13,18,20H,4-6,9-11H2,1-3H3. The minimum atomic E-state index is 0.240. The van der Waals surface area contributed by atoms with Crippen molar-refractivity contribution in [2.45, 2.75) is 39.7 Å². The molecule has 1 rings (SSSR count). The predicted molar refractivity (Wildman–Crippen MR) is 90.4 cm³/mol. The number of aliphatic hydroxyl groups is 1. The molecule has 1 aromatic rings. The molecule has 0 bridgehead atoms. The van der Waals surface area contributed by atoms with Gasteiger partial charge in [-0.15, -0.1) is 0 Å². The largest absolute Gasteiger partial charge is 0.396 e. The Morgan fingerprint density at radius 3 is 2.65 bits per heavy atom. The normalized spacial score (nSPS) is 12.4. The SMILES string of the molecule is CCCNC(C)c1ccc(N(CC)CCCO)c(Br)c1. The summed E-state index contributed by atoms with van der Waals surface area (Å²) < 4.78 is 1.12. The van der Waals surface area contributed by atoms with E-state index in [-0.39, 0.29) is 6.61 Å². The first-order chi connectivity index (χ1) is 9.63. The highest BCUT2D eigenvalue weighted by Crippen LogP contribution is 2.29. The monoisotopic (exact) mass is 342 g/mol. The van der Waals surface area contributed by atoms with Gasteiger partial charge in [-0.2, -0.15) is 0 Å². The van der Waals surface area contributed by atoms with Crippen LogP contribution in [0.5, 0.6) is 0 Å². The topological polar surface area (TPSA) is 35.5 Å². The van der Waals surface area contributed by atoms with E-state index in [2.05, 4.69) is 65.1 Å². The van der Waals surface area contributed by atoms with Crippen LogP contribution in [-0.2, 0) is 0 Å². The number of rotatable bonds is 9. The Bertz CT molecular complexity index is 398. The first kappa shape index (κ1) is 17.5. The van der Waals surface area contributed by atoms with Gasteiger partial charge in [-0.05, 0) is 66.9 Å². The van der Waals surface area contributed by atoms with Gasteiger partial charge in [0.2, 0.25) is 0 Å². The van der Waals surface area contributed by atoms with Gasteiger partial charge in [-0.3, -0.25) is 0 Å². The molecule has 1 unspecified atom stereocenters. The van der Waals surface area contributed by atoms with Crippen LogP contribution in [0.25, 0.3) is 0 Å². The zero-order chi connectivity index (χ0) is 15.0. The van der Waals surface area contributed by atoms with E-state index < -0.39 is 0 Å². The molecule has 0 spiro atoms. The maximum absolute atomic E-state index is 8.98. The molecule has 1 atom stereocenters. The molecule has 0 amide bonds. The number of hydrogen-bond donors (Lipinski definition) is 2. The van der Waals surface area contributed by atoms with Crippen molar-refractivity contribution in [3.05, 3.63) is 28.2 Å². The van der Waals surface area contributed by atoms with E-state index in [0.717, 1.165) is 36.9 Å². The van der Waals surface area contributed by atoms with E-state index in [1.54, 1.807) is 0 Å². The highest BCUT2D eigenvalue weighted by molar-refractivity contribution is 9.10. The number of benzene rings is 1. The maximum atomic E-state index is 8.98. The van der Waals surface area contributed by atoms with Crippen molar-refractivity contribution >= 4 is 21.6 Å². The summed E-state index contributed by atoms with van der Waals surface area (Å²) in [4.78, 5) is 2.29. The lowest BCUT2D eigenvalue weighted by Gasteiger charge is -2.25. The molecule has 0 saturated heterocycles. The number of aliphatic hydroxyl groups excluding tert-OH is 1. The number of nitrogens with one attached hydrogen (secondary N) is 1. The summed E-state index contributed by atoms with van der Waals surface area (Å²) >= 11 is 3.69. The lowest BCUT2D eigenvalue weighted by Crippen LogP contribution is -2.25. The quantitative estimate of drug-likeness (QED) is 0.717. The van der Waals surface area contributed by atoms with Gasteiger partial charge in [0.15, 0.2) is 0 Å². The van der Waals surface area contributed by atoms with Crippen molar-refractivity contribution in [2.75, 3.05) is 31.1 Å². The van der Waals surface area contributed by atoms with Crippen molar-refractivity contribution < 1.29 is 5.11 Å². The van der Waals surface area contributed by atoms with Gasteiger partial charge in [0.1, 0.15) is 0 Å². The molecule has 0 radical (unpaired) electrons. The zero-order valence-electron chi connectivity index (χ0n) is 12.8. The van der Waals surface area contributed by atoms with Gasteiger partial charge in [-0.1, -0.05) is 13.0 Å². The molecule has 114 valence electrons. The van der Waals surface area contributed by atoms with Gasteiger partial charge in [-0.25, -0.2) is 0 Å². The summed E-state index contributed by atoms with van der Waals surface area (Å²) in [6, 6.07) is 6.93. The van der Waals surface area contributed by atoms with Gasteiger partial charge >= 0.3 is 0 Å². The van der Waals surface area contributed by atoms with Crippen LogP contribution >= 0.6 is 15.9 Å². The van der Waals surface area contributed by atoms with Crippen molar-refractivity contribution in [3.63, 3.8) is 0 Å². The second-order valence-corrected chi connectivity index (χ2v) is 5.90. The maximum Gasteiger partial charge on any atom is 0.0510 e. The molecule has 0 aliphatic carbocycles.